The lowest BCUT2D eigenvalue weighted by Crippen LogP contribution is -2.08. The van der Waals surface area contributed by atoms with E-state index in [4.69, 9.17) is 0 Å². The molecular formula is C18H20N6. The number of aromatic nitrogens is 3. The molecule has 0 aliphatic rings. The standard InChI is InChI=1S/C18H20N6/c1-24(2)16-8-6-14(7-9-16)23-18-11-17(21-13-22-18)20-12-15-5-3-4-10-19-15/h3-11,13H,12H2,1-2H3,(H2,20,21,22,23). The van der Waals surface area contributed by atoms with Crippen molar-refractivity contribution in [2.75, 3.05) is 29.6 Å². The molecule has 0 spiro atoms. The minimum atomic E-state index is 0.620. The Morgan fingerprint density at radius 1 is 0.917 bits per heavy atom. The summed E-state index contributed by atoms with van der Waals surface area (Å²) in [5.41, 5.74) is 3.10. The Morgan fingerprint density at radius 3 is 2.42 bits per heavy atom. The number of anilines is 4. The maximum absolute atomic E-state index is 4.28. The molecule has 0 fully saturated rings. The lowest BCUT2D eigenvalue weighted by Gasteiger charge is -2.13. The maximum atomic E-state index is 4.28. The molecule has 0 aliphatic carbocycles. The molecular weight excluding hydrogens is 300 g/mol. The predicted octanol–water partition coefficient (Wildman–Crippen LogP) is 3.29. The van der Waals surface area contributed by atoms with Gasteiger partial charge in [-0.3, -0.25) is 4.98 Å². The van der Waals surface area contributed by atoms with E-state index >= 15 is 0 Å². The van der Waals surface area contributed by atoms with Gasteiger partial charge in [0.2, 0.25) is 0 Å². The van der Waals surface area contributed by atoms with Gasteiger partial charge in [-0.1, -0.05) is 6.07 Å². The molecule has 0 bridgehead atoms. The van der Waals surface area contributed by atoms with E-state index in [0.29, 0.717) is 6.54 Å². The van der Waals surface area contributed by atoms with Gasteiger partial charge in [0.1, 0.15) is 18.0 Å². The molecule has 0 saturated carbocycles. The average molecular weight is 320 g/mol. The highest BCUT2D eigenvalue weighted by Gasteiger charge is 2.01. The van der Waals surface area contributed by atoms with Gasteiger partial charge in [-0.15, -0.1) is 0 Å². The molecule has 6 heteroatoms. The lowest BCUT2D eigenvalue weighted by atomic mass is 10.2. The van der Waals surface area contributed by atoms with Crippen LogP contribution in [0.2, 0.25) is 0 Å². The summed E-state index contributed by atoms with van der Waals surface area (Å²) in [7, 11) is 4.04. The average Bonchev–Trinajstić information content (AvgIpc) is 2.62. The molecule has 0 atom stereocenters. The topological polar surface area (TPSA) is 66.0 Å². The maximum Gasteiger partial charge on any atom is 0.135 e. The number of hydrogen-bond donors (Lipinski definition) is 2. The summed E-state index contributed by atoms with van der Waals surface area (Å²) in [6.07, 6.45) is 3.32. The second-order valence-corrected chi connectivity index (χ2v) is 5.53. The predicted molar refractivity (Wildman–Crippen MR) is 97.6 cm³/mol. The highest BCUT2D eigenvalue weighted by Crippen LogP contribution is 2.20. The zero-order chi connectivity index (χ0) is 16.8. The SMILES string of the molecule is CN(C)c1ccc(Nc2cc(NCc3ccccn3)ncn2)cc1. The van der Waals surface area contributed by atoms with Crippen molar-refractivity contribution in [2.24, 2.45) is 0 Å². The molecule has 24 heavy (non-hydrogen) atoms. The van der Waals surface area contributed by atoms with Crippen molar-refractivity contribution >= 4 is 23.0 Å². The fourth-order valence-corrected chi connectivity index (χ4v) is 2.20. The van der Waals surface area contributed by atoms with Crippen LogP contribution in [0.3, 0.4) is 0 Å². The first-order chi connectivity index (χ1) is 11.7. The Morgan fingerprint density at radius 2 is 1.71 bits per heavy atom. The van der Waals surface area contributed by atoms with Crippen molar-refractivity contribution in [3.63, 3.8) is 0 Å². The Hall–Kier alpha value is -3.15. The fourth-order valence-electron chi connectivity index (χ4n) is 2.20. The molecule has 3 rings (SSSR count). The van der Waals surface area contributed by atoms with Gasteiger partial charge in [-0.2, -0.15) is 0 Å². The van der Waals surface area contributed by atoms with Crippen LogP contribution < -0.4 is 15.5 Å². The van der Waals surface area contributed by atoms with E-state index in [1.165, 1.54) is 6.33 Å². The molecule has 6 nitrogen and oxygen atoms in total. The monoisotopic (exact) mass is 320 g/mol. The summed E-state index contributed by atoms with van der Waals surface area (Å²) in [6.45, 7) is 0.620. The summed E-state index contributed by atoms with van der Waals surface area (Å²) in [5, 5.41) is 6.53. The molecule has 2 N–H and O–H groups in total. The fraction of sp³-hybridized carbons (Fsp3) is 0.167. The molecule has 3 aromatic rings. The molecule has 0 aliphatic heterocycles. The van der Waals surface area contributed by atoms with Crippen molar-refractivity contribution in [1.29, 1.82) is 0 Å². The van der Waals surface area contributed by atoms with E-state index < -0.39 is 0 Å². The van der Waals surface area contributed by atoms with Crippen molar-refractivity contribution < 1.29 is 0 Å². The molecule has 122 valence electrons. The highest BCUT2D eigenvalue weighted by atomic mass is 15.1. The van der Waals surface area contributed by atoms with Gasteiger partial charge in [0.05, 0.1) is 12.2 Å². The van der Waals surface area contributed by atoms with Gasteiger partial charge in [-0.05, 0) is 36.4 Å². The summed E-state index contributed by atoms with van der Waals surface area (Å²) in [5.74, 6) is 1.49. The molecule has 0 saturated heterocycles. The Labute approximate surface area is 141 Å². The van der Waals surface area contributed by atoms with E-state index in [1.54, 1.807) is 6.20 Å². The van der Waals surface area contributed by atoms with Gasteiger partial charge in [-0.25, -0.2) is 9.97 Å². The largest absolute Gasteiger partial charge is 0.378 e. The van der Waals surface area contributed by atoms with E-state index in [-0.39, 0.29) is 0 Å². The van der Waals surface area contributed by atoms with Crippen LogP contribution in [0.1, 0.15) is 5.69 Å². The van der Waals surface area contributed by atoms with Crippen molar-refractivity contribution in [3.05, 3.63) is 66.7 Å². The van der Waals surface area contributed by atoms with Crippen LogP contribution in [-0.2, 0) is 6.54 Å². The third-order valence-corrected chi connectivity index (χ3v) is 3.50. The Balaban J connectivity index is 1.64. The summed E-state index contributed by atoms with van der Waals surface area (Å²) in [4.78, 5) is 14.8. The van der Waals surface area contributed by atoms with Gasteiger partial charge < -0.3 is 15.5 Å². The minimum Gasteiger partial charge on any atom is -0.378 e. The van der Waals surface area contributed by atoms with Crippen LogP contribution in [0.15, 0.2) is 61.1 Å². The van der Waals surface area contributed by atoms with Crippen LogP contribution in [-0.4, -0.2) is 29.0 Å². The van der Waals surface area contributed by atoms with E-state index in [0.717, 1.165) is 28.7 Å². The Kier molecular flexibility index (Phi) is 4.86. The Bertz CT molecular complexity index is 771. The van der Waals surface area contributed by atoms with Crippen molar-refractivity contribution in [2.45, 2.75) is 6.54 Å². The van der Waals surface area contributed by atoms with Crippen molar-refractivity contribution in [1.82, 2.24) is 15.0 Å². The molecule has 2 aromatic heterocycles. The summed E-state index contributed by atoms with van der Waals surface area (Å²) < 4.78 is 0. The van der Waals surface area contributed by atoms with E-state index in [1.807, 2.05) is 50.5 Å². The normalized spacial score (nSPS) is 10.2. The van der Waals surface area contributed by atoms with Gasteiger partial charge in [0, 0.05) is 37.7 Å². The second-order valence-electron chi connectivity index (χ2n) is 5.53. The van der Waals surface area contributed by atoms with Crippen molar-refractivity contribution in [3.8, 4) is 0 Å². The molecule has 0 unspecified atom stereocenters. The van der Waals surface area contributed by atoms with Crippen LogP contribution in [0.4, 0.5) is 23.0 Å². The van der Waals surface area contributed by atoms with Gasteiger partial charge in [0.25, 0.3) is 0 Å². The van der Waals surface area contributed by atoms with Gasteiger partial charge in [0.15, 0.2) is 0 Å². The number of nitrogens with zero attached hydrogens (tertiary/aromatic N) is 4. The minimum absolute atomic E-state index is 0.620. The van der Waals surface area contributed by atoms with Gasteiger partial charge >= 0.3 is 0 Å². The third kappa shape index (κ3) is 4.19. The lowest BCUT2D eigenvalue weighted by molar-refractivity contribution is 1.02. The first-order valence-electron chi connectivity index (χ1n) is 7.71. The second kappa shape index (κ2) is 7.41. The highest BCUT2D eigenvalue weighted by molar-refractivity contribution is 5.62. The third-order valence-electron chi connectivity index (χ3n) is 3.50. The number of rotatable bonds is 6. The quantitative estimate of drug-likeness (QED) is 0.726. The number of nitrogens with one attached hydrogen (secondary N) is 2. The summed E-state index contributed by atoms with van der Waals surface area (Å²) in [6, 6.07) is 15.9. The number of hydrogen-bond acceptors (Lipinski definition) is 6. The molecule has 0 radical (unpaired) electrons. The molecule has 0 amide bonds. The van der Waals surface area contributed by atoms with E-state index in [2.05, 4.69) is 42.6 Å². The van der Waals surface area contributed by atoms with Crippen LogP contribution in [0.5, 0.6) is 0 Å². The van der Waals surface area contributed by atoms with Crippen LogP contribution in [0.25, 0.3) is 0 Å². The number of pyridine rings is 1. The van der Waals surface area contributed by atoms with E-state index in [9.17, 15) is 0 Å². The first kappa shape index (κ1) is 15.7. The molecule has 2 heterocycles. The summed E-state index contributed by atoms with van der Waals surface area (Å²) >= 11 is 0. The van der Waals surface area contributed by atoms with Crippen LogP contribution in [0, 0.1) is 0 Å². The smallest absolute Gasteiger partial charge is 0.135 e. The first-order valence-corrected chi connectivity index (χ1v) is 7.71. The van der Waals surface area contributed by atoms with Crippen LogP contribution >= 0.6 is 0 Å². The molecule has 1 aromatic carbocycles. The zero-order valence-corrected chi connectivity index (χ0v) is 13.8. The zero-order valence-electron chi connectivity index (χ0n) is 13.8. The number of benzene rings is 1.